The predicted molar refractivity (Wildman–Crippen MR) is 149 cm³/mol. The Morgan fingerprint density at radius 3 is 2.39 bits per heavy atom. The van der Waals surface area contributed by atoms with E-state index in [-0.39, 0.29) is 17.5 Å². The summed E-state index contributed by atoms with van der Waals surface area (Å²) in [7, 11) is -2.24. The van der Waals surface area contributed by atoms with Crippen LogP contribution in [0.4, 0.5) is 5.69 Å². The fourth-order valence-corrected chi connectivity index (χ4v) is 6.37. The van der Waals surface area contributed by atoms with Crippen molar-refractivity contribution in [2.45, 2.75) is 30.3 Å². The van der Waals surface area contributed by atoms with Crippen molar-refractivity contribution in [2.75, 3.05) is 17.4 Å². The number of imidazole rings is 1. The molecule has 196 valence electrons. The van der Waals surface area contributed by atoms with Crippen LogP contribution in [-0.4, -0.2) is 41.9 Å². The lowest BCUT2D eigenvalue weighted by Gasteiger charge is -2.33. The molecule has 1 amide bonds. The fourth-order valence-electron chi connectivity index (χ4n) is 4.82. The first-order valence-corrected chi connectivity index (χ1v) is 14.3. The zero-order valence-corrected chi connectivity index (χ0v) is 22.6. The molecule has 0 bridgehead atoms. The summed E-state index contributed by atoms with van der Waals surface area (Å²) < 4.78 is 30.1. The van der Waals surface area contributed by atoms with Crippen molar-refractivity contribution in [1.82, 2.24) is 14.5 Å². The number of hydrogen-bond acceptors (Lipinski definition) is 4. The molecule has 1 saturated heterocycles. The summed E-state index contributed by atoms with van der Waals surface area (Å²) in [6.07, 6.45) is 4.93. The third kappa shape index (κ3) is 5.61. The Labute approximate surface area is 228 Å². The van der Waals surface area contributed by atoms with Crippen LogP contribution in [0.3, 0.4) is 0 Å². The van der Waals surface area contributed by atoms with E-state index in [9.17, 15) is 13.2 Å². The molecule has 7 nitrogen and oxygen atoms in total. The largest absolute Gasteiger partial charge is 0.339 e. The molecule has 3 aromatic carbocycles. The highest BCUT2D eigenvalue weighted by atomic mass is 35.5. The molecule has 4 aromatic rings. The first-order valence-electron chi connectivity index (χ1n) is 12.5. The Morgan fingerprint density at radius 2 is 1.74 bits per heavy atom. The topological polar surface area (TPSA) is 75.5 Å². The second-order valence-electron chi connectivity index (χ2n) is 9.56. The number of carbonyl (C=O) groups is 1. The maximum atomic E-state index is 13.6. The minimum atomic E-state index is -3.96. The van der Waals surface area contributed by atoms with Gasteiger partial charge in [-0.25, -0.2) is 4.98 Å². The van der Waals surface area contributed by atoms with E-state index < -0.39 is 10.0 Å². The normalized spacial score (nSPS) is 15.8. The molecule has 0 N–H and O–H groups in total. The summed E-state index contributed by atoms with van der Waals surface area (Å²) in [6.45, 7) is 1.47. The van der Waals surface area contributed by atoms with E-state index >= 15 is 0 Å². The standard InChI is InChI=1S/C29H29ClN4O3S/c1-32-20-28(31-21-32)38(36,37)34(18-22-9-13-26(30)14-10-22)27-15-11-24(12-16-27)29(35)33-17-5-8-25(19-33)23-6-3-2-4-7-23/h2-4,6-7,9-16,20-21,25H,5,8,17-19H2,1H3. The van der Waals surface area contributed by atoms with Gasteiger partial charge >= 0.3 is 0 Å². The SMILES string of the molecule is Cn1cnc(S(=O)(=O)N(Cc2ccc(Cl)cc2)c2ccc(C(=O)N3CCCC(c4ccccc4)C3)cc2)c1. The monoisotopic (exact) mass is 548 g/mol. The van der Waals surface area contributed by atoms with E-state index in [1.807, 2.05) is 23.1 Å². The molecule has 1 unspecified atom stereocenters. The molecule has 1 aliphatic rings. The van der Waals surface area contributed by atoms with Gasteiger partial charge in [0.05, 0.1) is 18.6 Å². The van der Waals surface area contributed by atoms with Crippen molar-refractivity contribution in [3.63, 3.8) is 0 Å². The van der Waals surface area contributed by atoms with Crippen LogP contribution in [0, 0.1) is 0 Å². The summed E-state index contributed by atoms with van der Waals surface area (Å²) in [5, 5.41) is 0.525. The predicted octanol–water partition coefficient (Wildman–Crippen LogP) is 5.49. The lowest BCUT2D eigenvalue weighted by molar-refractivity contribution is 0.0707. The highest BCUT2D eigenvalue weighted by Crippen LogP contribution is 2.29. The molecule has 0 spiro atoms. The van der Waals surface area contributed by atoms with Gasteiger partial charge in [-0.15, -0.1) is 0 Å². The number of nitrogens with zero attached hydrogens (tertiary/aromatic N) is 4. The first-order chi connectivity index (χ1) is 18.3. The number of anilines is 1. The van der Waals surface area contributed by atoms with E-state index in [0.29, 0.717) is 35.3 Å². The number of halogens is 1. The summed E-state index contributed by atoms with van der Waals surface area (Å²) in [5.41, 5.74) is 3.00. The summed E-state index contributed by atoms with van der Waals surface area (Å²) in [5.74, 6) is 0.264. The van der Waals surface area contributed by atoms with Gasteiger partial charge in [-0.1, -0.05) is 54.1 Å². The molecular weight excluding hydrogens is 520 g/mol. The minimum absolute atomic E-state index is 0.0469. The van der Waals surface area contributed by atoms with E-state index in [1.165, 1.54) is 22.4 Å². The molecule has 2 heterocycles. The summed E-state index contributed by atoms with van der Waals surface area (Å²) in [6, 6.07) is 24.1. The maximum Gasteiger partial charge on any atom is 0.283 e. The molecule has 1 aliphatic heterocycles. The number of likely N-dealkylation sites (tertiary alicyclic amines) is 1. The summed E-state index contributed by atoms with van der Waals surface area (Å²) in [4.78, 5) is 19.3. The number of aromatic nitrogens is 2. The van der Waals surface area contributed by atoms with Gasteiger partial charge in [-0.3, -0.25) is 9.10 Å². The van der Waals surface area contributed by atoms with Crippen molar-refractivity contribution in [2.24, 2.45) is 7.05 Å². The molecule has 1 fully saturated rings. The molecule has 0 aliphatic carbocycles. The Hall–Kier alpha value is -3.62. The van der Waals surface area contributed by atoms with Gasteiger partial charge in [0, 0.05) is 42.8 Å². The van der Waals surface area contributed by atoms with Crippen LogP contribution < -0.4 is 4.31 Å². The number of aryl methyl sites for hydroxylation is 1. The van der Waals surface area contributed by atoms with Gasteiger partial charge < -0.3 is 9.47 Å². The molecule has 0 radical (unpaired) electrons. The van der Waals surface area contributed by atoms with Crippen LogP contribution in [0.25, 0.3) is 0 Å². The van der Waals surface area contributed by atoms with Crippen molar-refractivity contribution in [1.29, 1.82) is 0 Å². The number of rotatable bonds is 7. The Balaban J connectivity index is 1.40. The van der Waals surface area contributed by atoms with Crippen molar-refractivity contribution < 1.29 is 13.2 Å². The lowest BCUT2D eigenvalue weighted by atomic mass is 9.90. The summed E-state index contributed by atoms with van der Waals surface area (Å²) >= 11 is 6.03. The first kappa shape index (κ1) is 26.0. The minimum Gasteiger partial charge on any atom is -0.339 e. The molecule has 0 saturated carbocycles. The molecule has 1 atom stereocenters. The quantitative estimate of drug-likeness (QED) is 0.306. The Morgan fingerprint density at radius 1 is 1.03 bits per heavy atom. The van der Waals surface area contributed by atoms with Crippen molar-refractivity contribution >= 4 is 33.2 Å². The number of piperidine rings is 1. The average Bonchev–Trinajstić information content (AvgIpc) is 3.40. The Bertz CT molecular complexity index is 1500. The molecule has 1 aromatic heterocycles. The maximum absolute atomic E-state index is 13.6. The van der Waals surface area contributed by atoms with Crippen LogP contribution in [0.15, 0.2) is 96.4 Å². The smallest absolute Gasteiger partial charge is 0.283 e. The molecule has 38 heavy (non-hydrogen) atoms. The molecule has 9 heteroatoms. The van der Waals surface area contributed by atoms with Gasteiger partial charge in [-0.2, -0.15) is 8.42 Å². The van der Waals surface area contributed by atoms with Gasteiger partial charge in [-0.05, 0) is 60.4 Å². The van der Waals surface area contributed by atoms with Crippen LogP contribution in [-0.2, 0) is 23.6 Å². The number of hydrogen-bond donors (Lipinski definition) is 0. The second kappa shape index (κ2) is 11.0. The van der Waals surface area contributed by atoms with E-state index in [1.54, 1.807) is 60.1 Å². The van der Waals surface area contributed by atoms with Gasteiger partial charge in [0.1, 0.15) is 0 Å². The highest BCUT2D eigenvalue weighted by molar-refractivity contribution is 7.92. The zero-order chi connectivity index (χ0) is 26.7. The zero-order valence-electron chi connectivity index (χ0n) is 21.1. The number of benzene rings is 3. The number of sulfonamides is 1. The number of amides is 1. The van der Waals surface area contributed by atoms with Crippen LogP contribution in [0.2, 0.25) is 5.02 Å². The molecule has 5 rings (SSSR count). The third-order valence-electron chi connectivity index (χ3n) is 6.86. The second-order valence-corrected chi connectivity index (χ2v) is 11.8. The Kier molecular flexibility index (Phi) is 7.53. The van der Waals surface area contributed by atoms with Crippen LogP contribution in [0.1, 0.15) is 40.2 Å². The number of carbonyl (C=O) groups excluding carboxylic acids is 1. The highest BCUT2D eigenvalue weighted by Gasteiger charge is 2.29. The van der Waals surface area contributed by atoms with Gasteiger partial charge in [0.2, 0.25) is 0 Å². The average molecular weight is 549 g/mol. The van der Waals surface area contributed by atoms with E-state index in [0.717, 1.165) is 18.4 Å². The van der Waals surface area contributed by atoms with Crippen LogP contribution >= 0.6 is 11.6 Å². The van der Waals surface area contributed by atoms with E-state index in [4.69, 9.17) is 11.6 Å². The third-order valence-corrected chi connectivity index (χ3v) is 8.77. The van der Waals surface area contributed by atoms with Crippen molar-refractivity contribution in [3.8, 4) is 0 Å². The van der Waals surface area contributed by atoms with Crippen molar-refractivity contribution in [3.05, 3.63) is 113 Å². The van der Waals surface area contributed by atoms with Gasteiger partial charge in [0.15, 0.2) is 5.03 Å². The van der Waals surface area contributed by atoms with E-state index in [2.05, 4.69) is 17.1 Å². The molecular formula is C29H29ClN4O3S. The van der Waals surface area contributed by atoms with Gasteiger partial charge in [0.25, 0.3) is 15.9 Å². The lowest BCUT2D eigenvalue weighted by Crippen LogP contribution is -2.39. The fraction of sp³-hybridized carbons (Fsp3) is 0.241. The van der Waals surface area contributed by atoms with Crippen LogP contribution in [0.5, 0.6) is 0 Å².